The van der Waals surface area contributed by atoms with E-state index in [2.05, 4.69) is 28.2 Å². The summed E-state index contributed by atoms with van der Waals surface area (Å²) >= 11 is 0. The normalized spacial score (nSPS) is 12.6. The summed E-state index contributed by atoms with van der Waals surface area (Å²) in [5, 5.41) is 12.0. The summed E-state index contributed by atoms with van der Waals surface area (Å²) in [4.78, 5) is 37.6. The number of rotatable bonds is 29. The van der Waals surface area contributed by atoms with E-state index in [1.807, 2.05) is 0 Å². The molecule has 0 rings (SSSR count). The number of nitrogens with two attached hydrogens (primary N) is 2. The Morgan fingerprint density at radius 1 is 0.575 bits per heavy atom. The Hall–Kier alpha value is -1.71. The van der Waals surface area contributed by atoms with Crippen LogP contribution in [0, 0.1) is 0 Å². The average Bonchev–Trinajstić information content (AvgIpc) is 2.95. The molecule has 0 spiro atoms. The molecule has 0 saturated carbocycles. The van der Waals surface area contributed by atoms with Crippen LogP contribution < -0.4 is 32.7 Å². The lowest BCUT2D eigenvalue weighted by molar-refractivity contribution is -0.130. The van der Waals surface area contributed by atoms with Crippen LogP contribution in [0.25, 0.3) is 0 Å². The van der Waals surface area contributed by atoms with Crippen LogP contribution in [0.1, 0.15) is 135 Å². The fourth-order valence-electron chi connectivity index (χ4n) is 4.78. The first kappa shape index (κ1) is 38.3. The number of nitrogens with one attached hydrogen (secondary N) is 4. The lowest BCUT2D eigenvalue weighted by atomic mass is 10.1. The molecule has 9 nitrogen and oxygen atoms in total. The third-order valence-electron chi connectivity index (χ3n) is 7.42. The van der Waals surface area contributed by atoms with Crippen molar-refractivity contribution in [1.29, 1.82) is 0 Å². The first-order valence-electron chi connectivity index (χ1n) is 16.4. The summed E-state index contributed by atoms with van der Waals surface area (Å²) in [5.74, 6) is -0.115. The highest BCUT2D eigenvalue weighted by molar-refractivity contribution is 5.89. The van der Waals surface area contributed by atoms with Gasteiger partial charge in [-0.15, -0.1) is 0 Å². The predicted molar refractivity (Wildman–Crippen MR) is 167 cm³/mol. The van der Waals surface area contributed by atoms with Gasteiger partial charge < -0.3 is 32.7 Å². The fourth-order valence-corrected chi connectivity index (χ4v) is 4.78. The van der Waals surface area contributed by atoms with Gasteiger partial charge in [0.25, 0.3) is 0 Å². The quantitative estimate of drug-likeness (QED) is 0.0750. The molecule has 0 aliphatic rings. The molecule has 0 bridgehead atoms. The van der Waals surface area contributed by atoms with Gasteiger partial charge in [-0.1, -0.05) is 77.6 Å². The van der Waals surface area contributed by atoms with E-state index in [1.165, 1.54) is 44.9 Å². The molecular formula is C31H64N6O3. The van der Waals surface area contributed by atoms with E-state index < -0.39 is 6.04 Å². The molecule has 3 amide bonds. The van der Waals surface area contributed by atoms with Crippen LogP contribution >= 0.6 is 0 Å². The van der Waals surface area contributed by atoms with Crippen molar-refractivity contribution < 1.29 is 14.4 Å². The average molecular weight is 569 g/mol. The first-order valence-corrected chi connectivity index (χ1v) is 16.4. The van der Waals surface area contributed by atoms with Crippen molar-refractivity contribution in [1.82, 2.24) is 21.3 Å². The van der Waals surface area contributed by atoms with Crippen LogP contribution in [0.5, 0.6) is 0 Å². The second-order valence-electron chi connectivity index (χ2n) is 11.1. The van der Waals surface area contributed by atoms with Gasteiger partial charge in [-0.25, -0.2) is 0 Å². The van der Waals surface area contributed by atoms with Gasteiger partial charge >= 0.3 is 0 Å². The van der Waals surface area contributed by atoms with E-state index in [0.29, 0.717) is 38.9 Å². The van der Waals surface area contributed by atoms with Gasteiger partial charge in [0.2, 0.25) is 17.7 Å². The molecule has 0 aliphatic heterocycles. The molecule has 0 saturated heterocycles. The summed E-state index contributed by atoms with van der Waals surface area (Å²) < 4.78 is 0. The Balaban J connectivity index is 4.00. The standard InChI is InChI=1S/C31H64N6O3/c1-3-4-5-6-7-8-9-10-13-22-29(38)35-25-18-11-12-19-26-36-30(39)28(21-15-17-24-33)37-31(40)27(34-2)20-14-16-23-32/h27-28,34H,3-26,32-33H2,1-2H3,(H,35,38)(H,36,39)(H,37,40). The number of amides is 3. The Bertz CT molecular complexity index is 620. The Labute approximate surface area is 245 Å². The van der Waals surface area contributed by atoms with E-state index in [1.54, 1.807) is 7.05 Å². The first-order chi connectivity index (χ1) is 19.5. The Morgan fingerprint density at radius 2 is 1.07 bits per heavy atom. The van der Waals surface area contributed by atoms with Crippen molar-refractivity contribution >= 4 is 17.7 Å². The van der Waals surface area contributed by atoms with Crippen LogP contribution in [0.2, 0.25) is 0 Å². The molecule has 9 heteroatoms. The van der Waals surface area contributed by atoms with Gasteiger partial charge in [0.05, 0.1) is 6.04 Å². The van der Waals surface area contributed by atoms with E-state index in [4.69, 9.17) is 11.5 Å². The SMILES string of the molecule is CCCCCCCCCCCC(=O)NCCCCCCNC(=O)C(CCCCN)NC(=O)C(CCCCN)NC. The van der Waals surface area contributed by atoms with E-state index in [-0.39, 0.29) is 23.8 Å². The van der Waals surface area contributed by atoms with Crippen molar-refractivity contribution in [3.05, 3.63) is 0 Å². The number of hydrogen-bond donors (Lipinski definition) is 6. The van der Waals surface area contributed by atoms with Gasteiger partial charge in [0.15, 0.2) is 0 Å². The Kier molecular flexibility index (Phi) is 27.6. The number of hydrogen-bond acceptors (Lipinski definition) is 6. The van der Waals surface area contributed by atoms with Crippen LogP contribution in [0.15, 0.2) is 0 Å². The van der Waals surface area contributed by atoms with Crippen LogP contribution in [0.3, 0.4) is 0 Å². The topological polar surface area (TPSA) is 151 Å². The summed E-state index contributed by atoms with van der Waals surface area (Å²) in [7, 11) is 1.76. The number of carbonyl (C=O) groups excluding carboxylic acids is 3. The Morgan fingerprint density at radius 3 is 1.62 bits per heavy atom. The highest BCUT2D eigenvalue weighted by atomic mass is 16.2. The molecule has 0 fully saturated rings. The maximum Gasteiger partial charge on any atom is 0.242 e. The lowest BCUT2D eigenvalue weighted by Gasteiger charge is -2.22. The third kappa shape index (κ3) is 23.0. The molecule has 0 aliphatic carbocycles. The van der Waals surface area contributed by atoms with Gasteiger partial charge in [-0.2, -0.15) is 0 Å². The second kappa shape index (κ2) is 28.8. The minimum Gasteiger partial charge on any atom is -0.356 e. The second-order valence-corrected chi connectivity index (χ2v) is 11.1. The van der Waals surface area contributed by atoms with E-state index in [9.17, 15) is 14.4 Å². The summed E-state index contributed by atoms with van der Waals surface area (Å²) in [6, 6.07) is -0.882. The molecule has 0 aromatic carbocycles. The minimum absolute atomic E-state index is 0.133. The van der Waals surface area contributed by atoms with E-state index in [0.717, 1.165) is 70.8 Å². The van der Waals surface area contributed by atoms with Crippen molar-refractivity contribution in [3.63, 3.8) is 0 Å². The third-order valence-corrected chi connectivity index (χ3v) is 7.42. The number of unbranched alkanes of at least 4 members (excludes halogenated alkanes) is 13. The van der Waals surface area contributed by atoms with Crippen LogP contribution in [0.4, 0.5) is 0 Å². The minimum atomic E-state index is -0.551. The summed E-state index contributed by atoms with van der Waals surface area (Å²) in [6.45, 7) is 4.72. The lowest BCUT2D eigenvalue weighted by Crippen LogP contribution is -2.52. The van der Waals surface area contributed by atoms with Crippen molar-refractivity contribution in [3.8, 4) is 0 Å². The molecule has 8 N–H and O–H groups in total. The molecule has 0 heterocycles. The predicted octanol–water partition coefficient (Wildman–Crippen LogP) is 4.03. The molecule has 0 aromatic heterocycles. The van der Waals surface area contributed by atoms with Crippen molar-refractivity contribution in [2.45, 2.75) is 147 Å². The fraction of sp³-hybridized carbons (Fsp3) is 0.903. The van der Waals surface area contributed by atoms with Gasteiger partial charge in [0, 0.05) is 19.5 Å². The van der Waals surface area contributed by atoms with Crippen molar-refractivity contribution in [2.24, 2.45) is 11.5 Å². The summed E-state index contributed by atoms with van der Waals surface area (Å²) in [5.41, 5.74) is 11.2. The largest absolute Gasteiger partial charge is 0.356 e. The van der Waals surface area contributed by atoms with Crippen LogP contribution in [-0.4, -0.2) is 63.0 Å². The zero-order chi connectivity index (χ0) is 29.7. The zero-order valence-electron chi connectivity index (χ0n) is 26.0. The summed E-state index contributed by atoms with van der Waals surface area (Å²) in [6.07, 6.45) is 20.4. The molecule has 0 radical (unpaired) electrons. The van der Waals surface area contributed by atoms with Gasteiger partial charge in [-0.05, 0) is 71.5 Å². The highest BCUT2D eigenvalue weighted by Gasteiger charge is 2.24. The maximum atomic E-state index is 12.8. The smallest absolute Gasteiger partial charge is 0.242 e. The highest BCUT2D eigenvalue weighted by Crippen LogP contribution is 2.10. The molecule has 2 unspecified atom stereocenters. The zero-order valence-corrected chi connectivity index (χ0v) is 26.0. The van der Waals surface area contributed by atoms with Crippen LogP contribution in [-0.2, 0) is 14.4 Å². The molecular weight excluding hydrogens is 504 g/mol. The number of likely N-dealkylation sites (N-methyl/N-ethyl adjacent to an activating group) is 1. The molecule has 236 valence electrons. The van der Waals surface area contributed by atoms with Gasteiger partial charge in [-0.3, -0.25) is 14.4 Å². The number of carbonyl (C=O) groups is 3. The van der Waals surface area contributed by atoms with Gasteiger partial charge in [0.1, 0.15) is 6.04 Å². The monoisotopic (exact) mass is 569 g/mol. The molecule has 0 aromatic rings. The van der Waals surface area contributed by atoms with Crippen molar-refractivity contribution in [2.75, 3.05) is 33.2 Å². The van der Waals surface area contributed by atoms with E-state index >= 15 is 0 Å². The molecule has 2 atom stereocenters. The maximum absolute atomic E-state index is 12.8. The molecule has 40 heavy (non-hydrogen) atoms.